The minimum absolute atomic E-state index is 0.0102. The number of thioether (sulfide) groups is 4. The number of rotatable bonds is 15. The van der Waals surface area contributed by atoms with Crippen molar-refractivity contribution in [2.75, 3.05) is 28.8 Å². The van der Waals surface area contributed by atoms with Crippen LogP contribution >= 0.6 is 70.2 Å². The number of β-lactam (4-membered cyclic amide) rings is 1. The fourth-order valence-corrected chi connectivity index (χ4v) is 8.73. The van der Waals surface area contributed by atoms with E-state index in [9.17, 15) is 29.4 Å². The molecule has 9 nitrogen and oxygen atoms in total. The summed E-state index contributed by atoms with van der Waals surface area (Å²) in [6.07, 6.45) is 4.88. The second kappa shape index (κ2) is 15.6. The highest BCUT2D eigenvalue weighted by Gasteiger charge is 2.54. The van der Waals surface area contributed by atoms with E-state index in [0.717, 1.165) is 23.6 Å². The molecule has 1 fully saturated rings. The molecular formula is C27H27Cl2N3O6S4. The number of amides is 2. The normalized spacial score (nSPS) is 18.0. The number of hydrogen-bond donors (Lipinski definition) is 2. The van der Waals surface area contributed by atoms with Gasteiger partial charge in [0.1, 0.15) is 23.7 Å². The van der Waals surface area contributed by atoms with Crippen molar-refractivity contribution in [3.63, 3.8) is 0 Å². The molecule has 0 unspecified atom stereocenters. The van der Waals surface area contributed by atoms with Crippen LogP contribution in [0.4, 0.5) is 0 Å². The number of aromatic nitrogens is 1. The predicted octanol–water partition coefficient (Wildman–Crippen LogP) is 3.17. The SMILES string of the molecule is O=C([O-])CCSCCC[n+]1ccc(SCC2=C(C(=O)O)N3C(=O)[C@@H](NC(=O)CSc4cc(Cl)ccc4Cl)[C@H]3SC2)cc1. The quantitative estimate of drug-likeness (QED) is 0.125. The maximum absolute atomic E-state index is 13.0. The number of carboxylic acids is 2. The molecule has 1 aromatic carbocycles. The number of nitrogens with zero attached hydrogens (tertiary/aromatic N) is 2. The Balaban J connectivity index is 1.27. The maximum Gasteiger partial charge on any atom is 0.352 e. The van der Waals surface area contributed by atoms with Crippen LogP contribution in [0.5, 0.6) is 0 Å². The zero-order valence-corrected chi connectivity index (χ0v) is 26.9. The van der Waals surface area contributed by atoms with Crippen LogP contribution in [0.15, 0.2) is 63.8 Å². The van der Waals surface area contributed by atoms with Gasteiger partial charge in [-0.2, -0.15) is 11.8 Å². The summed E-state index contributed by atoms with van der Waals surface area (Å²) in [5.74, 6) is -0.693. The van der Waals surface area contributed by atoms with Gasteiger partial charge in [-0.15, -0.1) is 35.3 Å². The van der Waals surface area contributed by atoms with Crippen LogP contribution in [0.1, 0.15) is 12.8 Å². The first-order chi connectivity index (χ1) is 20.1. The number of nitrogens with one attached hydrogen (secondary N) is 1. The van der Waals surface area contributed by atoms with Crippen LogP contribution in [-0.2, 0) is 25.7 Å². The number of carbonyl (C=O) groups is 4. The summed E-state index contributed by atoms with van der Waals surface area (Å²) in [6.45, 7) is 0.803. The number of halogens is 2. The molecule has 0 spiro atoms. The van der Waals surface area contributed by atoms with E-state index in [1.54, 1.807) is 30.0 Å². The Kier molecular flexibility index (Phi) is 12.2. The van der Waals surface area contributed by atoms with Crippen LogP contribution in [0.3, 0.4) is 0 Å². The fraction of sp³-hybridized carbons (Fsp3) is 0.370. The topological polar surface area (TPSA) is 131 Å². The van der Waals surface area contributed by atoms with Crippen molar-refractivity contribution in [2.24, 2.45) is 0 Å². The summed E-state index contributed by atoms with van der Waals surface area (Å²) < 4.78 is 2.04. The van der Waals surface area contributed by atoms with E-state index in [0.29, 0.717) is 37.8 Å². The highest BCUT2D eigenvalue weighted by atomic mass is 35.5. The minimum Gasteiger partial charge on any atom is -0.550 e. The van der Waals surface area contributed by atoms with E-state index in [-0.39, 0.29) is 23.8 Å². The minimum atomic E-state index is -1.16. The molecule has 0 radical (unpaired) electrons. The van der Waals surface area contributed by atoms with Gasteiger partial charge in [-0.3, -0.25) is 14.5 Å². The highest BCUT2D eigenvalue weighted by Crippen LogP contribution is 2.41. The van der Waals surface area contributed by atoms with Crippen molar-refractivity contribution in [1.29, 1.82) is 0 Å². The van der Waals surface area contributed by atoms with Gasteiger partial charge in [-0.05, 0) is 41.7 Å². The molecule has 15 heteroatoms. The molecule has 2 aromatic rings. The molecule has 224 valence electrons. The number of aliphatic carboxylic acids is 2. The van der Waals surface area contributed by atoms with Crippen molar-refractivity contribution in [1.82, 2.24) is 10.2 Å². The van der Waals surface area contributed by atoms with E-state index >= 15 is 0 Å². The molecule has 2 atom stereocenters. The first kappa shape index (κ1) is 32.9. The largest absolute Gasteiger partial charge is 0.550 e. The Morgan fingerprint density at radius 1 is 1.14 bits per heavy atom. The number of hydrogen-bond acceptors (Lipinski definition) is 9. The van der Waals surface area contributed by atoms with Gasteiger partial charge in [-0.25, -0.2) is 9.36 Å². The zero-order valence-electron chi connectivity index (χ0n) is 22.1. The molecule has 0 aliphatic carbocycles. The van der Waals surface area contributed by atoms with E-state index in [2.05, 4.69) is 5.32 Å². The zero-order chi connectivity index (χ0) is 30.2. The number of benzene rings is 1. The molecule has 1 aromatic heterocycles. The Morgan fingerprint density at radius 3 is 2.62 bits per heavy atom. The molecule has 2 aliphatic rings. The van der Waals surface area contributed by atoms with Crippen LogP contribution in [0, 0.1) is 0 Å². The summed E-state index contributed by atoms with van der Waals surface area (Å²) in [5.41, 5.74) is 0.646. The lowest BCUT2D eigenvalue weighted by Gasteiger charge is -2.49. The third-order valence-corrected chi connectivity index (χ3v) is 11.5. The standard InChI is InChI=1S/C27H27Cl2N3O6S4/c28-17-2-3-19(29)20(12-17)41-15-21(33)30-23-25(36)32-24(27(37)38)16(14-42-26(23)32)13-40-18-4-8-31(9-5-18)7-1-10-39-11-6-22(34)35/h2-5,8-9,12,23,26H,1,6-7,10-11,13-15H2,(H2-,30,33,34,35,37,38)/t23-,26-/m1/s1. The number of aryl methyl sites for hydroxylation is 1. The summed E-state index contributed by atoms with van der Waals surface area (Å²) >= 11 is 17.9. The second-order valence-corrected chi connectivity index (χ2v) is 14.5. The molecule has 2 amide bonds. The average molecular weight is 689 g/mol. The van der Waals surface area contributed by atoms with Crippen LogP contribution in [0.2, 0.25) is 10.0 Å². The Labute approximate surface area is 270 Å². The molecule has 2 N–H and O–H groups in total. The smallest absolute Gasteiger partial charge is 0.352 e. The summed E-state index contributed by atoms with van der Waals surface area (Å²) in [4.78, 5) is 51.1. The van der Waals surface area contributed by atoms with Crippen molar-refractivity contribution in [3.8, 4) is 0 Å². The van der Waals surface area contributed by atoms with Crippen LogP contribution in [-0.4, -0.2) is 73.9 Å². The van der Waals surface area contributed by atoms with Crippen LogP contribution < -0.4 is 15.0 Å². The van der Waals surface area contributed by atoms with E-state index in [1.165, 1.54) is 40.2 Å². The Bertz CT molecular complexity index is 1380. The predicted molar refractivity (Wildman–Crippen MR) is 166 cm³/mol. The fourth-order valence-electron chi connectivity index (χ4n) is 4.21. The lowest BCUT2D eigenvalue weighted by Crippen LogP contribution is -2.70. The molecular weight excluding hydrogens is 661 g/mol. The number of carbonyl (C=O) groups excluding carboxylic acids is 3. The van der Waals surface area contributed by atoms with E-state index < -0.39 is 29.3 Å². The third-order valence-electron chi connectivity index (χ3n) is 6.25. The van der Waals surface area contributed by atoms with E-state index in [4.69, 9.17) is 23.2 Å². The van der Waals surface area contributed by atoms with Gasteiger partial charge in [0.25, 0.3) is 5.91 Å². The monoisotopic (exact) mass is 687 g/mol. The molecule has 2 aliphatic heterocycles. The summed E-state index contributed by atoms with van der Waals surface area (Å²) in [5, 5.41) is 23.6. The molecule has 3 heterocycles. The Hall–Kier alpha value is -2.03. The van der Waals surface area contributed by atoms with Gasteiger partial charge in [0.15, 0.2) is 12.4 Å². The Morgan fingerprint density at radius 2 is 1.90 bits per heavy atom. The number of carboxylic acid groups (broad SMARTS) is 2. The summed E-state index contributed by atoms with van der Waals surface area (Å²) in [6, 6.07) is 8.10. The van der Waals surface area contributed by atoms with Gasteiger partial charge in [0.05, 0.1) is 10.8 Å². The lowest BCUT2D eigenvalue weighted by atomic mass is 10.0. The van der Waals surface area contributed by atoms with Crippen LogP contribution in [0.25, 0.3) is 0 Å². The van der Waals surface area contributed by atoms with Gasteiger partial charge < -0.3 is 20.3 Å². The first-order valence-electron chi connectivity index (χ1n) is 12.8. The van der Waals surface area contributed by atoms with Gasteiger partial charge in [0.2, 0.25) is 5.91 Å². The van der Waals surface area contributed by atoms with Gasteiger partial charge in [0, 0.05) is 50.8 Å². The van der Waals surface area contributed by atoms with Gasteiger partial charge >= 0.3 is 5.97 Å². The maximum atomic E-state index is 13.0. The summed E-state index contributed by atoms with van der Waals surface area (Å²) in [7, 11) is 0. The molecule has 0 bridgehead atoms. The van der Waals surface area contributed by atoms with E-state index in [1.807, 2.05) is 29.1 Å². The lowest BCUT2D eigenvalue weighted by molar-refractivity contribution is -0.697. The molecule has 4 rings (SSSR count). The first-order valence-corrected chi connectivity index (χ1v) is 17.7. The molecule has 1 saturated heterocycles. The molecule has 42 heavy (non-hydrogen) atoms. The van der Waals surface area contributed by atoms with Crippen molar-refractivity contribution in [2.45, 2.75) is 40.6 Å². The van der Waals surface area contributed by atoms with Gasteiger partial charge in [-0.1, -0.05) is 23.2 Å². The average Bonchev–Trinajstić information content (AvgIpc) is 2.96. The van der Waals surface area contributed by atoms with Crippen molar-refractivity contribution >= 4 is 94.0 Å². The molecule has 0 saturated carbocycles. The number of pyridine rings is 1. The third kappa shape index (κ3) is 8.76. The second-order valence-electron chi connectivity index (χ2n) is 9.22. The van der Waals surface area contributed by atoms with Crippen molar-refractivity contribution < 1.29 is 34.0 Å². The number of fused-ring (bicyclic) bond motifs is 1. The highest BCUT2D eigenvalue weighted by molar-refractivity contribution is 8.01. The van der Waals surface area contributed by atoms with Crippen molar-refractivity contribution in [3.05, 3.63) is 64.0 Å².